The van der Waals surface area contributed by atoms with Crippen molar-refractivity contribution in [1.29, 1.82) is 0 Å². The van der Waals surface area contributed by atoms with E-state index in [0.717, 1.165) is 19.3 Å². The first kappa shape index (κ1) is 15.7. The number of nitrogens with zero attached hydrogens (tertiary/aromatic N) is 6. The molecule has 2 atom stereocenters. The normalized spacial score (nSPS) is 28.6. The van der Waals surface area contributed by atoms with Gasteiger partial charge in [0.15, 0.2) is 5.03 Å². The highest BCUT2D eigenvalue weighted by molar-refractivity contribution is 7.89. The smallest absolute Gasteiger partial charge is 0.262 e. The van der Waals surface area contributed by atoms with E-state index >= 15 is 0 Å². The molecule has 0 N–H and O–H groups in total. The van der Waals surface area contributed by atoms with Gasteiger partial charge in [-0.2, -0.15) is 4.31 Å². The molecule has 2 aliphatic heterocycles. The summed E-state index contributed by atoms with van der Waals surface area (Å²) in [7, 11) is -1.83. The summed E-state index contributed by atoms with van der Waals surface area (Å²) in [5.41, 5.74) is -0.435. The molecule has 2 aromatic heterocycles. The van der Waals surface area contributed by atoms with Gasteiger partial charge < -0.3 is 13.9 Å². The number of piperidine rings is 1. The van der Waals surface area contributed by atoms with Gasteiger partial charge in [0.2, 0.25) is 0 Å². The number of aromatic nitrogens is 5. The molecule has 0 amide bonds. The Morgan fingerprint density at radius 2 is 2.08 bits per heavy atom. The minimum Gasteiger partial charge on any atom is -0.371 e. The minimum atomic E-state index is -3.59. The predicted octanol–water partition coefficient (Wildman–Crippen LogP) is 0.196. The number of hydrogen-bond donors (Lipinski definition) is 0. The molecule has 9 nitrogen and oxygen atoms in total. The molecule has 0 aliphatic carbocycles. The van der Waals surface area contributed by atoms with E-state index in [1.165, 1.54) is 16.8 Å². The molecular weight excluding hydrogens is 332 g/mol. The van der Waals surface area contributed by atoms with E-state index < -0.39 is 15.6 Å². The molecule has 10 heteroatoms. The summed E-state index contributed by atoms with van der Waals surface area (Å²) in [6.07, 6.45) is 8.80. The van der Waals surface area contributed by atoms with Crippen LogP contribution in [0.15, 0.2) is 30.2 Å². The molecule has 2 aromatic rings. The van der Waals surface area contributed by atoms with Gasteiger partial charge in [0, 0.05) is 32.8 Å². The van der Waals surface area contributed by atoms with E-state index in [1.54, 1.807) is 24.3 Å². The molecule has 2 aliphatic rings. The number of rotatable bonds is 3. The number of sulfonamides is 1. The van der Waals surface area contributed by atoms with Gasteiger partial charge in [-0.05, 0) is 12.8 Å². The highest BCUT2D eigenvalue weighted by atomic mass is 32.2. The number of hydrogen-bond acceptors (Lipinski definition) is 6. The summed E-state index contributed by atoms with van der Waals surface area (Å²) in [6, 6.07) is 0.150. The SMILES string of the molecule is Cn1cnc(S(=O)(=O)N2CCCC3(CC(n4cnnc4)CO3)C2)c1. The lowest BCUT2D eigenvalue weighted by atomic mass is 9.90. The first-order valence-electron chi connectivity index (χ1n) is 7.95. The molecule has 1 spiro atoms. The van der Waals surface area contributed by atoms with Gasteiger partial charge in [-0.15, -0.1) is 10.2 Å². The summed E-state index contributed by atoms with van der Waals surface area (Å²) in [4.78, 5) is 4.01. The average molecular weight is 352 g/mol. The minimum absolute atomic E-state index is 0.0930. The number of imidazole rings is 1. The number of ether oxygens (including phenoxy) is 1. The van der Waals surface area contributed by atoms with Crippen LogP contribution in [0.4, 0.5) is 0 Å². The third-order valence-electron chi connectivity index (χ3n) is 4.84. The maximum atomic E-state index is 12.8. The molecule has 130 valence electrons. The summed E-state index contributed by atoms with van der Waals surface area (Å²) in [5, 5.41) is 7.77. The molecule has 24 heavy (non-hydrogen) atoms. The van der Waals surface area contributed by atoms with Crippen LogP contribution in [0, 0.1) is 0 Å². The molecule has 2 fully saturated rings. The van der Waals surface area contributed by atoms with Crippen LogP contribution in [-0.4, -0.2) is 62.3 Å². The van der Waals surface area contributed by atoms with Crippen LogP contribution in [0.1, 0.15) is 25.3 Å². The predicted molar refractivity (Wildman–Crippen MR) is 83.6 cm³/mol. The average Bonchev–Trinajstić information content (AvgIpc) is 3.28. The molecule has 4 rings (SSSR count). The second-order valence-electron chi connectivity index (χ2n) is 6.58. The van der Waals surface area contributed by atoms with Crippen LogP contribution in [0.3, 0.4) is 0 Å². The zero-order chi connectivity index (χ0) is 16.8. The van der Waals surface area contributed by atoms with Crippen LogP contribution in [0.25, 0.3) is 0 Å². The van der Waals surface area contributed by atoms with Crippen molar-refractivity contribution in [2.24, 2.45) is 7.05 Å². The first-order valence-corrected chi connectivity index (χ1v) is 9.39. The van der Waals surface area contributed by atoms with Crippen LogP contribution in [0.5, 0.6) is 0 Å². The Balaban J connectivity index is 1.54. The van der Waals surface area contributed by atoms with Crippen molar-refractivity contribution in [3.05, 3.63) is 25.2 Å². The van der Waals surface area contributed by atoms with Gasteiger partial charge in [0.05, 0.1) is 24.6 Å². The maximum absolute atomic E-state index is 12.8. The van der Waals surface area contributed by atoms with E-state index in [1.807, 2.05) is 4.57 Å². The van der Waals surface area contributed by atoms with E-state index in [9.17, 15) is 8.42 Å². The zero-order valence-electron chi connectivity index (χ0n) is 13.4. The van der Waals surface area contributed by atoms with Crippen molar-refractivity contribution >= 4 is 10.0 Å². The van der Waals surface area contributed by atoms with Crippen molar-refractivity contribution in [2.75, 3.05) is 19.7 Å². The first-order chi connectivity index (χ1) is 11.5. The Labute approximate surface area is 140 Å². The lowest BCUT2D eigenvalue weighted by Crippen LogP contribution is -2.50. The van der Waals surface area contributed by atoms with Gasteiger partial charge in [-0.3, -0.25) is 0 Å². The third kappa shape index (κ3) is 2.64. The molecule has 4 heterocycles. The second kappa shape index (κ2) is 5.64. The maximum Gasteiger partial charge on any atom is 0.262 e. The second-order valence-corrected chi connectivity index (χ2v) is 8.47. The van der Waals surface area contributed by atoms with E-state index in [0.29, 0.717) is 19.7 Å². The Bertz CT molecular complexity index is 817. The fourth-order valence-corrected chi connectivity index (χ4v) is 5.13. The fraction of sp³-hybridized carbons (Fsp3) is 0.643. The molecule has 0 aromatic carbocycles. The van der Waals surface area contributed by atoms with Gasteiger partial charge in [0.25, 0.3) is 10.0 Å². The van der Waals surface area contributed by atoms with Gasteiger partial charge in [-0.1, -0.05) is 0 Å². The fourth-order valence-electron chi connectivity index (χ4n) is 3.61. The van der Waals surface area contributed by atoms with Crippen LogP contribution in [-0.2, 0) is 21.8 Å². The van der Waals surface area contributed by atoms with Crippen molar-refractivity contribution in [2.45, 2.75) is 35.9 Å². The number of aryl methyl sites for hydroxylation is 1. The Kier molecular flexibility index (Phi) is 3.70. The lowest BCUT2D eigenvalue weighted by molar-refractivity contribution is -0.0332. The van der Waals surface area contributed by atoms with E-state index in [4.69, 9.17) is 4.74 Å². The van der Waals surface area contributed by atoms with Crippen LogP contribution < -0.4 is 0 Å². The van der Waals surface area contributed by atoms with Crippen LogP contribution >= 0.6 is 0 Å². The van der Waals surface area contributed by atoms with Crippen LogP contribution in [0.2, 0.25) is 0 Å². The lowest BCUT2D eigenvalue weighted by Gasteiger charge is -2.38. The molecule has 0 radical (unpaired) electrons. The van der Waals surface area contributed by atoms with Crippen molar-refractivity contribution < 1.29 is 13.2 Å². The Morgan fingerprint density at radius 3 is 2.79 bits per heavy atom. The Morgan fingerprint density at radius 1 is 1.29 bits per heavy atom. The van der Waals surface area contributed by atoms with E-state index in [-0.39, 0.29) is 11.1 Å². The summed E-state index contributed by atoms with van der Waals surface area (Å²) in [5.74, 6) is 0. The molecule has 2 saturated heterocycles. The van der Waals surface area contributed by atoms with Crippen molar-refractivity contribution in [1.82, 2.24) is 28.6 Å². The zero-order valence-corrected chi connectivity index (χ0v) is 14.3. The highest BCUT2D eigenvalue weighted by Crippen LogP contribution is 2.40. The van der Waals surface area contributed by atoms with Gasteiger partial charge in [0.1, 0.15) is 12.7 Å². The standard InChI is InChI=1S/C14H20N6O3S/c1-18-6-13(15-9-18)24(21,22)20-4-2-3-14(8-20)5-12(7-23-14)19-10-16-17-11-19/h6,9-12H,2-5,7-8H2,1H3. The summed E-state index contributed by atoms with van der Waals surface area (Å²) < 4.78 is 36.8. The largest absolute Gasteiger partial charge is 0.371 e. The van der Waals surface area contributed by atoms with Crippen molar-refractivity contribution in [3.63, 3.8) is 0 Å². The molecule has 2 unspecified atom stereocenters. The van der Waals surface area contributed by atoms with Gasteiger partial charge >= 0.3 is 0 Å². The quantitative estimate of drug-likeness (QED) is 0.783. The monoisotopic (exact) mass is 352 g/mol. The molecule has 0 saturated carbocycles. The van der Waals surface area contributed by atoms with E-state index in [2.05, 4.69) is 15.2 Å². The summed E-state index contributed by atoms with van der Waals surface area (Å²) >= 11 is 0. The Hall–Kier alpha value is -1.78. The molecule has 0 bridgehead atoms. The topological polar surface area (TPSA) is 95.1 Å². The third-order valence-corrected chi connectivity index (χ3v) is 6.57. The van der Waals surface area contributed by atoms with Crippen molar-refractivity contribution in [3.8, 4) is 0 Å². The summed E-state index contributed by atoms with van der Waals surface area (Å²) in [6.45, 7) is 1.42. The van der Waals surface area contributed by atoms with Gasteiger partial charge in [-0.25, -0.2) is 13.4 Å². The highest BCUT2D eigenvalue weighted by Gasteiger charge is 2.47. The molecular formula is C14H20N6O3S.